The van der Waals surface area contributed by atoms with Crippen LogP contribution in [0.4, 0.5) is 0 Å². The third-order valence-corrected chi connectivity index (χ3v) is 3.62. The first kappa shape index (κ1) is 10.7. The topological polar surface area (TPSA) is 38.8 Å². The van der Waals surface area contributed by atoms with Crippen molar-refractivity contribution < 1.29 is 14.3 Å². The highest BCUT2D eigenvalue weighted by Crippen LogP contribution is 2.51. The third-order valence-electron chi connectivity index (χ3n) is 3.62. The predicted molar refractivity (Wildman–Crippen MR) is 56.4 cm³/mol. The van der Waals surface area contributed by atoms with E-state index < -0.39 is 0 Å². The van der Waals surface area contributed by atoms with Gasteiger partial charge >= 0.3 is 5.97 Å². The highest BCUT2D eigenvalue weighted by molar-refractivity contribution is 5.66. The smallest absolute Gasteiger partial charge is 0.303 e. The first-order valence-corrected chi connectivity index (χ1v) is 5.44. The molecule has 2 fully saturated rings. The molecule has 0 aromatic carbocycles. The lowest BCUT2D eigenvalue weighted by molar-refractivity contribution is -0.151. The summed E-state index contributed by atoms with van der Waals surface area (Å²) in [5, 5.41) is 0. The molecule has 0 radical (unpaired) electrons. The van der Waals surface area contributed by atoms with Crippen LogP contribution in [0.2, 0.25) is 0 Å². The second-order valence-corrected chi connectivity index (χ2v) is 4.90. The van der Waals surface area contributed by atoms with Gasteiger partial charge in [-0.05, 0) is 32.6 Å². The Morgan fingerprint density at radius 3 is 2.67 bits per heavy atom. The molecule has 0 unspecified atom stereocenters. The number of hydrogen-bond acceptors (Lipinski definition) is 3. The fourth-order valence-corrected chi connectivity index (χ4v) is 2.45. The Balaban J connectivity index is 2.07. The number of allylic oxidation sites excluding steroid dienone is 1. The van der Waals surface area contributed by atoms with Crippen LogP contribution in [0.15, 0.2) is 12.2 Å². The molecule has 0 aromatic heterocycles. The van der Waals surface area contributed by atoms with Gasteiger partial charge in [0.2, 0.25) is 0 Å². The molecular formula is C12H18O3. The molecule has 15 heavy (non-hydrogen) atoms. The largest absolute Gasteiger partial charge is 0.459 e. The summed E-state index contributed by atoms with van der Waals surface area (Å²) in [4.78, 5) is 11.0. The van der Waals surface area contributed by atoms with Gasteiger partial charge in [0.25, 0.3) is 0 Å². The van der Waals surface area contributed by atoms with Crippen LogP contribution in [0.5, 0.6) is 0 Å². The van der Waals surface area contributed by atoms with Crippen molar-refractivity contribution in [3.8, 4) is 0 Å². The van der Waals surface area contributed by atoms with Gasteiger partial charge in [-0.25, -0.2) is 0 Å². The number of ether oxygens (including phenoxy) is 2. The van der Waals surface area contributed by atoms with Crippen molar-refractivity contribution in [2.75, 3.05) is 0 Å². The highest BCUT2D eigenvalue weighted by atomic mass is 16.6. The monoisotopic (exact) mass is 210 g/mol. The molecule has 4 atom stereocenters. The molecule has 1 heterocycles. The van der Waals surface area contributed by atoms with E-state index in [1.807, 2.05) is 13.8 Å². The van der Waals surface area contributed by atoms with Crippen LogP contribution in [-0.4, -0.2) is 23.8 Å². The molecule has 1 saturated heterocycles. The number of rotatable bonds is 2. The fourth-order valence-electron chi connectivity index (χ4n) is 2.45. The van der Waals surface area contributed by atoms with Gasteiger partial charge in [0.05, 0.1) is 6.10 Å². The lowest BCUT2D eigenvalue weighted by Crippen LogP contribution is -2.39. The van der Waals surface area contributed by atoms with Gasteiger partial charge in [-0.2, -0.15) is 0 Å². The van der Waals surface area contributed by atoms with Crippen LogP contribution in [-0.2, 0) is 14.3 Å². The Bertz CT molecular complexity index is 310. The first-order valence-electron chi connectivity index (χ1n) is 5.44. The molecule has 2 rings (SSSR count). The molecular weight excluding hydrogens is 192 g/mol. The van der Waals surface area contributed by atoms with Crippen molar-refractivity contribution in [3.05, 3.63) is 12.2 Å². The average Bonchev–Trinajstić information content (AvgIpc) is 2.76. The Morgan fingerprint density at radius 2 is 2.13 bits per heavy atom. The van der Waals surface area contributed by atoms with Crippen molar-refractivity contribution in [1.29, 1.82) is 0 Å². The number of carbonyl (C=O) groups is 1. The molecule has 84 valence electrons. The molecule has 1 aliphatic carbocycles. The van der Waals surface area contributed by atoms with Gasteiger partial charge in [-0.3, -0.25) is 4.79 Å². The molecule has 1 aliphatic heterocycles. The molecule has 0 bridgehead atoms. The van der Waals surface area contributed by atoms with Crippen LogP contribution in [0.3, 0.4) is 0 Å². The van der Waals surface area contributed by atoms with Crippen molar-refractivity contribution in [2.45, 2.75) is 51.4 Å². The minimum atomic E-state index is -0.225. The van der Waals surface area contributed by atoms with Gasteiger partial charge < -0.3 is 9.47 Å². The zero-order valence-corrected chi connectivity index (χ0v) is 9.58. The van der Waals surface area contributed by atoms with E-state index in [0.29, 0.717) is 5.92 Å². The zero-order chi connectivity index (χ0) is 11.2. The summed E-state index contributed by atoms with van der Waals surface area (Å²) in [6.45, 7) is 9.48. The molecule has 0 N–H and O–H groups in total. The van der Waals surface area contributed by atoms with Crippen molar-refractivity contribution in [2.24, 2.45) is 5.92 Å². The second-order valence-electron chi connectivity index (χ2n) is 4.90. The number of hydrogen-bond donors (Lipinski definition) is 0. The van der Waals surface area contributed by atoms with E-state index in [-0.39, 0.29) is 23.8 Å². The Labute approximate surface area is 90.4 Å². The fraction of sp³-hybridized carbons (Fsp3) is 0.750. The zero-order valence-electron chi connectivity index (χ0n) is 9.58. The minimum Gasteiger partial charge on any atom is -0.459 e. The standard InChI is InChI=1S/C12H18O3/c1-7(2)9-5-10(14-8(3)13)12(4)11(6-9)15-12/h9-11H,1,5-6H2,2-4H3/t9-,10-,11+,12-/m0/s1. The Hall–Kier alpha value is -0.830. The lowest BCUT2D eigenvalue weighted by Gasteiger charge is -2.30. The SMILES string of the molecule is C=C(C)[C@H]1C[C@H](OC(C)=O)[C@]2(C)O[C@@H]2C1. The van der Waals surface area contributed by atoms with E-state index in [2.05, 4.69) is 6.58 Å². The maximum atomic E-state index is 11.0. The Kier molecular flexibility index (Phi) is 2.38. The predicted octanol–water partition coefficient (Wildman–Crippen LogP) is 2.06. The molecule has 1 saturated carbocycles. The van der Waals surface area contributed by atoms with Gasteiger partial charge in [-0.15, -0.1) is 0 Å². The van der Waals surface area contributed by atoms with Crippen LogP contribution >= 0.6 is 0 Å². The van der Waals surface area contributed by atoms with E-state index in [4.69, 9.17) is 9.47 Å². The maximum absolute atomic E-state index is 11.0. The highest BCUT2D eigenvalue weighted by Gasteiger charge is 2.62. The van der Waals surface area contributed by atoms with Crippen molar-refractivity contribution in [3.63, 3.8) is 0 Å². The Morgan fingerprint density at radius 1 is 1.47 bits per heavy atom. The molecule has 3 nitrogen and oxygen atoms in total. The number of epoxide rings is 1. The third kappa shape index (κ3) is 1.81. The summed E-state index contributed by atoms with van der Waals surface area (Å²) in [5.74, 6) is 0.202. The number of esters is 1. The molecule has 0 spiro atoms. The normalized spacial score (nSPS) is 43.0. The number of fused-ring (bicyclic) bond motifs is 1. The van der Waals surface area contributed by atoms with E-state index in [1.54, 1.807) is 0 Å². The average molecular weight is 210 g/mol. The lowest BCUT2D eigenvalue weighted by atomic mass is 9.78. The summed E-state index contributed by atoms with van der Waals surface area (Å²) < 4.78 is 11.0. The summed E-state index contributed by atoms with van der Waals surface area (Å²) in [5.41, 5.74) is 0.933. The first-order chi connectivity index (χ1) is 6.93. The quantitative estimate of drug-likeness (QED) is 0.398. The van der Waals surface area contributed by atoms with Crippen LogP contribution in [0.1, 0.15) is 33.6 Å². The van der Waals surface area contributed by atoms with Gasteiger partial charge in [0.15, 0.2) is 0 Å². The number of carbonyl (C=O) groups excluding carboxylic acids is 1. The van der Waals surface area contributed by atoms with Gasteiger partial charge in [-0.1, -0.05) is 12.2 Å². The molecule has 3 heteroatoms. The van der Waals surface area contributed by atoms with Crippen molar-refractivity contribution in [1.82, 2.24) is 0 Å². The van der Waals surface area contributed by atoms with Crippen LogP contribution < -0.4 is 0 Å². The van der Waals surface area contributed by atoms with Gasteiger partial charge in [0.1, 0.15) is 11.7 Å². The summed E-state index contributed by atoms with van der Waals surface area (Å²) in [6.07, 6.45) is 2.01. The van der Waals surface area contributed by atoms with E-state index in [0.717, 1.165) is 18.4 Å². The van der Waals surface area contributed by atoms with E-state index in [1.165, 1.54) is 6.92 Å². The van der Waals surface area contributed by atoms with Crippen LogP contribution in [0, 0.1) is 5.92 Å². The van der Waals surface area contributed by atoms with Gasteiger partial charge in [0, 0.05) is 6.92 Å². The maximum Gasteiger partial charge on any atom is 0.303 e. The molecule has 2 aliphatic rings. The van der Waals surface area contributed by atoms with E-state index in [9.17, 15) is 4.79 Å². The summed E-state index contributed by atoms with van der Waals surface area (Å²) in [7, 11) is 0. The van der Waals surface area contributed by atoms with E-state index >= 15 is 0 Å². The van der Waals surface area contributed by atoms with Crippen LogP contribution in [0.25, 0.3) is 0 Å². The second kappa shape index (κ2) is 3.34. The summed E-state index contributed by atoms with van der Waals surface area (Å²) in [6, 6.07) is 0. The molecule has 0 aromatic rings. The van der Waals surface area contributed by atoms with Crippen molar-refractivity contribution >= 4 is 5.97 Å². The minimum absolute atomic E-state index is 0.101. The molecule has 0 amide bonds. The summed E-state index contributed by atoms with van der Waals surface area (Å²) >= 11 is 0.